The van der Waals surface area contributed by atoms with Gasteiger partial charge < -0.3 is 13.7 Å². The van der Waals surface area contributed by atoms with Crippen molar-refractivity contribution in [2.24, 2.45) is 0 Å². The number of alkyl halides is 9. The van der Waals surface area contributed by atoms with Crippen molar-refractivity contribution in [3.63, 3.8) is 0 Å². The molecule has 3 aromatic rings. The van der Waals surface area contributed by atoms with E-state index in [0.29, 0.717) is 18.2 Å². The van der Waals surface area contributed by atoms with E-state index >= 15 is 0 Å². The first-order valence-electron chi connectivity index (χ1n) is 10.2. The summed E-state index contributed by atoms with van der Waals surface area (Å²) in [6.07, 6.45) is -14.2. The van der Waals surface area contributed by atoms with Crippen molar-refractivity contribution < 1.29 is 53.2 Å². The molecule has 0 aromatic heterocycles. The van der Waals surface area contributed by atoms with Crippen LogP contribution in [0.2, 0.25) is 0 Å². The molecule has 15 heteroatoms. The van der Waals surface area contributed by atoms with Crippen molar-refractivity contribution in [1.82, 2.24) is 0 Å². The lowest BCUT2D eigenvalue weighted by molar-refractivity contribution is -0.138. The molecule has 0 atom stereocenters. The normalized spacial score (nSPS) is 15.4. The van der Waals surface area contributed by atoms with Gasteiger partial charge in [0.2, 0.25) is 0 Å². The van der Waals surface area contributed by atoms with Crippen LogP contribution in [0.3, 0.4) is 0 Å². The summed E-state index contributed by atoms with van der Waals surface area (Å²) in [4.78, 5) is 0. The zero-order chi connectivity index (χ0) is 26.3. The van der Waals surface area contributed by atoms with Crippen LogP contribution in [0.1, 0.15) is 16.7 Å². The fourth-order valence-electron chi connectivity index (χ4n) is 3.49. The minimum Gasteiger partial charge on any atom is -0.445 e. The van der Waals surface area contributed by atoms with Gasteiger partial charge in [0, 0.05) is 0 Å². The lowest BCUT2D eigenvalue weighted by Crippen LogP contribution is -2.61. The molecule has 36 heavy (non-hydrogen) atoms. The van der Waals surface area contributed by atoms with Gasteiger partial charge in [0.15, 0.2) is 0 Å². The molecule has 1 aliphatic heterocycles. The lowest BCUT2D eigenvalue weighted by Gasteiger charge is -2.32. The van der Waals surface area contributed by atoms with Gasteiger partial charge in [0.05, 0.1) is 16.7 Å². The number of rotatable bonds is 3. The van der Waals surface area contributed by atoms with Gasteiger partial charge in [-0.2, -0.15) is 39.5 Å². The van der Waals surface area contributed by atoms with Gasteiger partial charge in [-0.25, -0.2) is 0 Å². The van der Waals surface area contributed by atoms with E-state index in [1.54, 1.807) is 0 Å². The van der Waals surface area contributed by atoms with Crippen molar-refractivity contribution in [3.8, 4) is 0 Å². The molecule has 1 fully saturated rings. The largest absolute Gasteiger partial charge is 0.467 e. The van der Waals surface area contributed by atoms with E-state index in [2.05, 4.69) is 0 Å². The summed E-state index contributed by atoms with van der Waals surface area (Å²) in [5, 5.41) is 0. The average Bonchev–Trinajstić information content (AvgIpc) is 2.82. The maximum atomic E-state index is 13.2. The molecule has 4 rings (SSSR count). The second-order valence-electron chi connectivity index (χ2n) is 7.77. The zero-order valence-corrected chi connectivity index (χ0v) is 17.8. The van der Waals surface area contributed by atoms with Crippen LogP contribution in [0.4, 0.5) is 39.5 Å². The van der Waals surface area contributed by atoms with Gasteiger partial charge in [0.1, 0.15) is 0 Å². The van der Waals surface area contributed by atoms with Crippen molar-refractivity contribution in [3.05, 3.63) is 89.5 Å². The molecule has 0 radical (unpaired) electrons. The topological polar surface area (TPSA) is 27.7 Å². The Morgan fingerprint density at radius 1 is 0.417 bits per heavy atom. The van der Waals surface area contributed by atoms with E-state index in [1.807, 2.05) is 0 Å². The summed E-state index contributed by atoms with van der Waals surface area (Å²) >= 11 is 0. The number of benzene rings is 3. The Balaban J connectivity index is 1.75. The summed E-state index contributed by atoms with van der Waals surface area (Å²) < 4.78 is 136. The highest BCUT2D eigenvalue weighted by Gasteiger charge is 2.45. The smallest absolute Gasteiger partial charge is 0.445 e. The molecule has 0 amide bonds. The minimum atomic E-state index is -4.72. The van der Waals surface area contributed by atoms with Gasteiger partial charge in [-0.15, -0.1) is 0 Å². The highest BCUT2D eigenvalue weighted by molar-refractivity contribution is 6.87. The first-order valence-corrected chi connectivity index (χ1v) is 10.2. The Labute approximate surface area is 199 Å². The Hall–Kier alpha value is -2.90. The van der Waals surface area contributed by atoms with E-state index in [1.165, 1.54) is 18.2 Å². The number of hydrogen-bond acceptors (Lipinski definition) is 3. The molecule has 186 valence electrons. The molecule has 0 bridgehead atoms. The zero-order valence-electron chi connectivity index (χ0n) is 17.8. The maximum Gasteiger partial charge on any atom is 0.467 e. The highest BCUT2D eigenvalue weighted by atomic mass is 19.4. The molecule has 1 saturated heterocycles. The van der Waals surface area contributed by atoms with Gasteiger partial charge in [0.25, 0.3) is 0 Å². The number of hydrogen-bond donors (Lipinski definition) is 0. The van der Waals surface area contributed by atoms with Crippen LogP contribution in [0, 0.1) is 0 Å². The SMILES string of the molecule is FC(F)(F)c1cccc(B2OB(c3cccc(C(F)(F)F)c3)OB(c3cccc(C(F)(F)F)c3)O2)c1. The van der Waals surface area contributed by atoms with Crippen molar-refractivity contribution >= 4 is 37.7 Å². The quantitative estimate of drug-likeness (QED) is 0.385. The van der Waals surface area contributed by atoms with E-state index in [0.717, 1.165) is 36.4 Å². The van der Waals surface area contributed by atoms with Crippen LogP contribution in [0.15, 0.2) is 72.8 Å². The highest BCUT2D eigenvalue weighted by Crippen LogP contribution is 2.30. The third-order valence-corrected chi connectivity index (χ3v) is 5.20. The fourth-order valence-corrected chi connectivity index (χ4v) is 3.49. The first-order chi connectivity index (χ1) is 16.7. The van der Waals surface area contributed by atoms with Gasteiger partial charge >= 0.3 is 39.9 Å². The maximum absolute atomic E-state index is 13.2. The van der Waals surface area contributed by atoms with E-state index in [4.69, 9.17) is 13.7 Å². The molecule has 0 saturated carbocycles. The van der Waals surface area contributed by atoms with Gasteiger partial charge in [-0.05, 0) is 16.4 Å². The summed E-state index contributed by atoms with van der Waals surface area (Å²) in [5.74, 6) is 0. The van der Waals surface area contributed by atoms with Crippen LogP contribution in [-0.4, -0.2) is 21.4 Å². The van der Waals surface area contributed by atoms with Crippen LogP contribution in [0.5, 0.6) is 0 Å². The third kappa shape index (κ3) is 5.90. The van der Waals surface area contributed by atoms with Crippen LogP contribution >= 0.6 is 0 Å². The molecule has 3 aromatic carbocycles. The molecular weight excluding hydrogens is 504 g/mol. The average molecular weight is 516 g/mol. The van der Waals surface area contributed by atoms with Crippen molar-refractivity contribution in [2.45, 2.75) is 18.5 Å². The Morgan fingerprint density at radius 2 is 0.667 bits per heavy atom. The lowest BCUT2D eigenvalue weighted by atomic mass is 9.61. The molecule has 0 unspecified atom stereocenters. The van der Waals surface area contributed by atoms with E-state index in [9.17, 15) is 39.5 Å². The second kappa shape index (κ2) is 9.53. The van der Waals surface area contributed by atoms with Crippen LogP contribution in [0.25, 0.3) is 0 Å². The van der Waals surface area contributed by atoms with E-state index < -0.39 is 56.6 Å². The molecular formula is C21H12B3F9O3. The standard InChI is InChI=1S/C21H12B3F9O3/c25-19(26,27)13-4-1-7-16(10-13)22-34-23(17-8-2-5-14(11-17)20(28,29)30)36-24(35-22)18-9-3-6-15(12-18)21(31,32)33/h1-12H. The Bertz CT molecular complexity index is 1070. The summed E-state index contributed by atoms with van der Waals surface area (Å²) in [6.45, 7) is 0. The second-order valence-corrected chi connectivity index (χ2v) is 7.77. The summed E-state index contributed by atoms with van der Waals surface area (Å²) in [7, 11) is -4.83. The van der Waals surface area contributed by atoms with Gasteiger partial charge in [-0.1, -0.05) is 72.8 Å². The Morgan fingerprint density at radius 3 is 0.889 bits per heavy atom. The predicted octanol–water partition coefficient (Wildman–Crippen LogP) is 4.29. The third-order valence-electron chi connectivity index (χ3n) is 5.20. The van der Waals surface area contributed by atoms with Crippen molar-refractivity contribution in [2.75, 3.05) is 0 Å². The van der Waals surface area contributed by atoms with E-state index in [-0.39, 0.29) is 16.4 Å². The van der Waals surface area contributed by atoms with Gasteiger partial charge in [-0.3, -0.25) is 0 Å². The predicted molar refractivity (Wildman–Crippen MR) is 114 cm³/mol. The van der Waals surface area contributed by atoms with Crippen LogP contribution < -0.4 is 16.4 Å². The molecule has 1 heterocycles. The van der Waals surface area contributed by atoms with Crippen LogP contribution in [-0.2, 0) is 32.2 Å². The molecule has 3 nitrogen and oxygen atoms in total. The monoisotopic (exact) mass is 516 g/mol. The summed E-state index contributed by atoms with van der Waals surface area (Å²) in [6, 6.07) is 11.4. The van der Waals surface area contributed by atoms with Crippen molar-refractivity contribution in [1.29, 1.82) is 0 Å². The number of halogens is 9. The molecule has 0 spiro atoms. The molecule has 0 N–H and O–H groups in total. The summed E-state index contributed by atoms with van der Waals surface area (Å²) in [5.41, 5.74) is -3.65. The molecule has 0 aliphatic carbocycles. The fraction of sp³-hybridized carbons (Fsp3) is 0.143. The Kier molecular flexibility index (Phi) is 6.93. The molecule has 1 aliphatic rings. The first kappa shape index (κ1) is 26.2. The minimum absolute atomic E-state index is 0.165.